The zero-order valence-electron chi connectivity index (χ0n) is 13.5. The van der Waals surface area contributed by atoms with E-state index in [0.717, 1.165) is 29.7 Å². The monoisotopic (exact) mass is 302 g/mol. The van der Waals surface area contributed by atoms with E-state index in [2.05, 4.69) is 16.7 Å². The molecule has 3 rings (SSSR count). The second-order valence-corrected chi connectivity index (χ2v) is 6.77. The molecule has 2 aliphatic heterocycles. The van der Waals surface area contributed by atoms with Crippen molar-refractivity contribution in [2.24, 2.45) is 5.92 Å². The van der Waals surface area contributed by atoms with E-state index in [1.54, 1.807) is 7.11 Å². The average molecular weight is 302 g/mol. The molecule has 0 aliphatic carbocycles. The third kappa shape index (κ3) is 3.61. The molecule has 2 aliphatic rings. The molecule has 1 aromatic rings. The number of benzene rings is 1. The molecule has 4 heteroatoms. The van der Waals surface area contributed by atoms with Crippen LogP contribution in [0.2, 0.25) is 0 Å². The molecule has 2 atom stereocenters. The van der Waals surface area contributed by atoms with E-state index >= 15 is 0 Å². The molecular formula is C18H26N2O2. The summed E-state index contributed by atoms with van der Waals surface area (Å²) < 4.78 is 5.39. The summed E-state index contributed by atoms with van der Waals surface area (Å²) in [7, 11) is 1.67. The van der Waals surface area contributed by atoms with Gasteiger partial charge in [0.1, 0.15) is 5.75 Å². The molecular weight excluding hydrogens is 276 g/mol. The molecule has 2 heterocycles. The van der Waals surface area contributed by atoms with Crippen LogP contribution in [0.4, 0.5) is 0 Å². The number of fused-ring (bicyclic) bond motifs is 2. The molecule has 2 bridgehead atoms. The van der Waals surface area contributed by atoms with E-state index in [1.807, 2.05) is 19.1 Å². The summed E-state index contributed by atoms with van der Waals surface area (Å²) in [5.74, 6) is 1.55. The molecule has 0 aromatic heterocycles. The van der Waals surface area contributed by atoms with Crippen LogP contribution in [0, 0.1) is 12.8 Å². The minimum atomic E-state index is 0.161. The van der Waals surface area contributed by atoms with E-state index < -0.39 is 0 Å². The molecule has 1 amide bonds. The molecule has 22 heavy (non-hydrogen) atoms. The van der Waals surface area contributed by atoms with Crippen molar-refractivity contribution in [2.75, 3.05) is 7.11 Å². The van der Waals surface area contributed by atoms with Crippen LogP contribution >= 0.6 is 0 Å². The van der Waals surface area contributed by atoms with E-state index in [4.69, 9.17) is 4.74 Å². The standard InChI is InChI=1S/C18H26N2O2/c1-12-3-4-14(17(7-12)22-2)11-19-18(21)10-13-8-15-5-6-16(9-13)20-15/h3-4,7,13,15-16,20H,5-6,8-11H2,1-2H3,(H,19,21). The molecule has 1 aromatic carbocycles. The summed E-state index contributed by atoms with van der Waals surface area (Å²) in [4.78, 5) is 12.2. The maximum atomic E-state index is 12.2. The van der Waals surface area contributed by atoms with Crippen molar-refractivity contribution in [3.05, 3.63) is 29.3 Å². The Kier molecular flexibility index (Phi) is 4.67. The van der Waals surface area contributed by atoms with Crippen molar-refractivity contribution >= 4 is 5.91 Å². The zero-order chi connectivity index (χ0) is 15.5. The smallest absolute Gasteiger partial charge is 0.220 e. The second kappa shape index (κ2) is 6.69. The molecule has 2 N–H and O–H groups in total. The number of hydrogen-bond donors (Lipinski definition) is 2. The normalized spacial score (nSPS) is 26.7. The van der Waals surface area contributed by atoms with Crippen LogP contribution < -0.4 is 15.4 Å². The summed E-state index contributed by atoms with van der Waals surface area (Å²) in [5.41, 5.74) is 2.20. The van der Waals surface area contributed by atoms with Gasteiger partial charge in [0.25, 0.3) is 0 Å². The highest BCUT2D eigenvalue weighted by Gasteiger charge is 2.34. The Morgan fingerprint density at radius 3 is 2.73 bits per heavy atom. The highest BCUT2D eigenvalue weighted by atomic mass is 16.5. The van der Waals surface area contributed by atoms with Gasteiger partial charge in [0.15, 0.2) is 0 Å². The van der Waals surface area contributed by atoms with Crippen molar-refractivity contribution in [1.82, 2.24) is 10.6 Å². The van der Waals surface area contributed by atoms with Gasteiger partial charge in [-0.2, -0.15) is 0 Å². The number of nitrogens with one attached hydrogen (secondary N) is 2. The van der Waals surface area contributed by atoms with Crippen LogP contribution in [0.15, 0.2) is 18.2 Å². The van der Waals surface area contributed by atoms with Crippen molar-refractivity contribution < 1.29 is 9.53 Å². The van der Waals surface area contributed by atoms with Crippen LogP contribution in [-0.4, -0.2) is 25.1 Å². The van der Waals surface area contributed by atoms with Crippen molar-refractivity contribution in [3.63, 3.8) is 0 Å². The number of carbonyl (C=O) groups excluding carboxylic acids is 1. The fraction of sp³-hybridized carbons (Fsp3) is 0.611. The van der Waals surface area contributed by atoms with Crippen LogP contribution in [-0.2, 0) is 11.3 Å². The molecule has 2 fully saturated rings. The van der Waals surface area contributed by atoms with E-state index in [-0.39, 0.29) is 5.91 Å². The van der Waals surface area contributed by atoms with Gasteiger partial charge in [0, 0.05) is 30.6 Å². The van der Waals surface area contributed by atoms with Gasteiger partial charge < -0.3 is 15.4 Å². The van der Waals surface area contributed by atoms with Crippen LogP contribution in [0.5, 0.6) is 5.75 Å². The minimum Gasteiger partial charge on any atom is -0.496 e. The SMILES string of the molecule is COc1cc(C)ccc1CNC(=O)CC1CC2CCC(C1)N2. The van der Waals surface area contributed by atoms with Crippen molar-refractivity contribution in [3.8, 4) is 5.75 Å². The summed E-state index contributed by atoms with van der Waals surface area (Å²) in [6.45, 7) is 2.58. The number of rotatable bonds is 5. The first-order valence-electron chi connectivity index (χ1n) is 8.30. The van der Waals surface area contributed by atoms with Crippen LogP contribution in [0.3, 0.4) is 0 Å². The number of piperidine rings is 1. The van der Waals surface area contributed by atoms with E-state index in [9.17, 15) is 4.79 Å². The first-order chi connectivity index (χ1) is 10.6. The first kappa shape index (κ1) is 15.3. The Bertz CT molecular complexity index is 532. The third-order valence-corrected chi connectivity index (χ3v) is 4.96. The number of ether oxygens (including phenoxy) is 1. The first-order valence-corrected chi connectivity index (χ1v) is 8.30. The van der Waals surface area contributed by atoms with Gasteiger partial charge in [-0.05, 0) is 50.2 Å². The summed E-state index contributed by atoms with van der Waals surface area (Å²) in [6, 6.07) is 7.38. The fourth-order valence-corrected chi connectivity index (χ4v) is 3.87. The number of hydrogen-bond acceptors (Lipinski definition) is 3. The third-order valence-electron chi connectivity index (χ3n) is 4.96. The van der Waals surface area contributed by atoms with Crippen molar-refractivity contribution in [2.45, 2.75) is 57.7 Å². The number of amides is 1. The molecule has 2 unspecified atom stereocenters. The summed E-state index contributed by atoms with van der Waals surface area (Å²) in [5, 5.41) is 6.67. The lowest BCUT2D eigenvalue weighted by atomic mass is 9.89. The Labute approximate surface area is 132 Å². The zero-order valence-corrected chi connectivity index (χ0v) is 13.5. The Hall–Kier alpha value is -1.55. The Morgan fingerprint density at radius 1 is 1.32 bits per heavy atom. The Morgan fingerprint density at radius 2 is 2.05 bits per heavy atom. The van der Waals surface area contributed by atoms with E-state index in [1.165, 1.54) is 12.8 Å². The minimum absolute atomic E-state index is 0.161. The number of methoxy groups -OCH3 is 1. The largest absolute Gasteiger partial charge is 0.496 e. The lowest BCUT2D eigenvalue weighted by Crippen LogP contribution is -2.39. The van der Waals surface area contributed by atoms with E-state index in [0.29, 0.717) is 31.0 Å². The van der Waals surface area contributed by atoms with Gasteiger partial charge in [-0.3, -0.25) is 4.79 Å². The molecule has 120 valence electrons. The Balaban J connectivity index is 1.50. The lowest BCUT2D eigenvalue weighted by molar-refractivity contribution is -0.122. The van der Waals surface area contributed by atoms with Gasteiger partial charge in [-0.15, -0.1) is 0 Å². The number of carbonyl (C=O) groups is 1. The van der Waals surface area contributed by atoms with Crippen molar-refractivity contribution in [1.29, 1.82) is 0 Å². The predicted molar refractivity (Wildman–Crippen MR) is 86.9 cm³/mol. The van der Waals surface area contributed by atoms with Gasteiger partial charge in [0.2, 0.25) is 5.91 Å². The highest BCUT2D eigenvalue weighted by molar-refractivity contribution is 5.76. The summed E-state index contributed by atoms with van der Waals surface area (Å²) in [6.07, 6.45) is 5.52. The second-order valence-electron chi connectivity index (χ2n) is 6.77. The lowest BCUT2D eigenvalue weighted by Gasteiger charge is -2.28. The topological polar surface area (TPSA) is 50.4 Å². The van der Waals surface area contributed by atoms with Gasteiger partial charge in [-0.1, -0.05) is 12.1 Å². The molecule has 4 nitrogen and oxygen atoms in total. The highest BCUT2D eigenvalue weighted by Crippen LogP contribution is 2.32. The summed E-state index contributed by atoms with van der Waals surface area (Å²) >= 11 is 0. The number of aryl methyl sites for hydroxylation is 1. The molecule has 0 saturated carbocycles. The quantitative estimate of drug-likeness (QED) is 0.879. The molecule has 0 spiro atoms. The average Bonchev–Trinajstić information content (AvgIpc) is 2.84. The fourth-order valence-electron chi connectivity index (χ4n) is 3.87. The predicted octanol–water partition coefficient (Wildman–Crippen LogP) is 2.54. The molecule has 0 radical (unpaired) electrons. The maximum Gasteiger partial charge on any atom is 0.220 e. The molecule has 2 saturated heterocycles. The van der Waals surface area contributed by atoms with Gasteiger partial charge >= 0.3 is 0 Å². The maximum absolute atomic E-state index is 12.2. The van der Waals surface area contributed by atoms with Gasteiger partial charge in [0.05, 0.1) is 7.11 Å². The van der Waals surface area contributed by atoms with Gasteiger partial charge in [-0.25, -0.2) is 0 Å². The van der Waals surface area contributed by atoms with Crippen LogP contribution in [0.1, 0.15) is 43.2 Å². The van der Waals surface area contributed by atoms with Crippen LogP contribution in [0.25, 0.3) is 0 Å².